The number of nitrogens with one attached hydrogen (secondary N) is 2. The quantitative estimate of drug-likeness (QED) is 0.375. The van der Waals surface area contributed by atoms with Gasteiger partial charge in [0, 0.05) is 17.9 Å². The largest absolute Gasteiger partial charge is 0.486 e. The minimum atomic E-state index is -4.04. The van der Waals surface area contributed by atoms with Crippen molar-refractivity contribution in [3.63, 3.8) is 0 Å². The van der Waals surface area contributed by atoms with Gasteiger partial charge in [-0.05, 0) is 44.0 Å². The zero-order chi connectivity index (χ0) is 25.5. The van der Waals surface area contributed by atoms with E-state index in [9.17, 15) is 18.0 Å². The number of pyridine rings is 1. The summed E-state index contributed by atoms with van der Waals surface area (Å²) < 4.78 is 39.9. The lowest BCUT2D eigenvalue weighted by Gasteiger charge is -2.21. The SMILES string of the molecule is CC(=O)CCCCC[C@H](NS(=O)(=O)c1ccc2c(c1)OCCO2)C(=O)Nc1cnc2ccccc2c1. The average Bonchev–Trinajstić information content (AvgIpc) is 2.87. The van der Waals surface area contributed by atoms with E-state index >= 15 is 0 Å². The van der Waals surface area contributed by atoms with Gasteiger partial charge in [-0.3, -0.25) is 9.78 Å². The number of ether oxygens (including phenoxy) is 2. The molecule has 2 heterocycles. The van der Waals surface area contributed by atoms with Gasteiger partial charge in [0.25, 0.3) is 0 Å². The molecule has 1 aliphatic rings. The predicted octanol–water partition coefficient (Wildman–Crippen LogP) is 3.83. The number of nitrogens with zero attached hydrogens (tertiary/aromatic N) is 1. The maximum absolute atomic E-state index is 13.2. The standard InChI is InChI=1S/C26H29N3O6S/c1-18(30)7-3-2-4-10-23(26(31)28-20-15-19-8-5-6-9-22(19)27-17-20)29-36(32,33)21-11-12-24-25(16-21)35-14-13-34-24/h5-6,8-9,11-12,15-17,23,29H,2-4,7,10,13-14H2,1H3,(H,28,31)/t23-/m0/s1. The van der Waals surface area contributed by atoms with E-state index in [-0.39, 0.29) is 17.1 Å². The van der Waals surface area contributed by atoms with Crippen LogP contribution in [-0.2, 0) is 19.6 Å². The molecular weight excluding hydrogens is 482 g/mol. The van der Waals surface area contributed by atoms with Gasteiger partial charge >= 0.3 is 0 Å². The number of para-hydroxylation sites is 1. The number of aromatic nitrogens is 1. The monoisotopic (exact) mass is 511 g/mol. The molecule has 36 heavy (non-hydrogen) atoms. The van der Waals surface area contributed by atoms with Crippen LogP contribution in [0.3, 0.4) is 0 Å². The minimum Gasteiger partial charge on any atom is -0.486 e. The Labute approximate surface area is 210 Å². The fraction of sp³-hybridized carbons (Fsp3) is 0.346. The van der Waals surface area contributed by atoms with E-state index in [0.717, 1.165) is 10.9 Å². The third-order valence-corrected chi connectivity index (χ3v) is 7.29. The van der Waals surface area contributed by atoms with Crippen LogP contribution >= 0.6 is 0 Å². The molecule has 0 spiro atoms. The molecule has 4 rings (SSSR count). The first-order chi connectivity index (χ1) is 17.3. The van der Waals surface area contributed by atoms with Gasteiger partial charge in [0.1, 0.15) is 25.0 Å². The molecule has 190 valence electrons. The zero-order valence-electron chi connectivity index (χ0n) is 20.0. The smallest absolute Gasteiger partial charge is 0.242 e. The van der Waals surface area contributed by atoms with E-state index in [1.54, 1.807) is 18.3 Å². The van der Waals surface area contributed by atoms with E-state index in [1.165, 1.54) is 19.1 Å². The first-order valence-electron chi connectivity index (χ1n) is 11.9. The molecule has 1 amide bonds. The van der Waals surface area contributed by atoms with Gasteiger partial charge in [0.05, 0.1) is 22.3 Å². The first-order valence-corrected chi connectivity index (χ1v) is 13.4. The molecule has 2 N–H and O–H groups in total. The molecule has 0 unspecified atom stereocenters. The van der Waals surface area contributed by atoms with Crippen LogP contribution < -0.4 is 19.5 Å². The highest BCUT2D eigenvalue weighted by molar-refractivity contribution is 7.89. The number of ketones is 1. The number of sulfonamides is 1. The molecule has 1 aliphatic heterocycles. The number of carbonyl (C=O) groups is 2. The highest BCUT2D eigenvalue weighted by atomic mass is 32.2. The van der Waals surface area contributed by atoms with Crippen LogP contribution in [0.4, 0.5) is 5.69 Å². The Morgan fingerprint density at radius 2 is 1.78 bits per heavy atom. The first kappa shape index (κ1) is 25.6. The Morgan fingerprint density at radius 3 is 2.58 bits per heavy atom. The number of hydrogen-bond acceptors (Lipinski definition) is 7. The van der Waals surface area contributed by atoms with Crippen molar-refractivity contribution < 1.29 is 27.5 Å². The van der Waals surface area contributed by atoms with Crippen molar-refractivity contribution in [3.8, 4) is 11.5 Å². The summed E-state index contributed by atoms with van der Waals surface area (Å²) in [4.78, 5) is 28.7. The number of fused-ring (bicyclic) bond motifs is 2. The lowest BCUT2D eigenvalue weighted by molar-refractivity contribution is -0.118. The van der Waals surface area contributed by atoms with Gasteiger partial charge in [-0.1, -0.05) is 31.0 Å². The van der Waals surface area contributed by atoms with Crippen LogP contribution in [0.15, 0.2) is 59.6 Å². The van der Waals surface area contributed by atoms with Crippen molar-refractivity contribution in [1.82, 2.24) is 9.71 Å². The number of rotatable bonds is 11. The fourth-order valence-electron chi connectivity index (χ4n) is 3.96. The second-order valence-electron chi connectivity index (χ2n) is 8.69. The van der Waals surface area contributed by atoms with Gasteiger partial charge in [0.15, 0.2) is 11.5 Å². The van der Waals surface area contributed by atoms with E-state index in [1.807, 2.05) is 24.3 Å². The topological polar surface area (TPSA) is 124 Å². The molecule has 0 aliphatic carbocycles. The van der Waals surface area contributed by atoms with Gasteiger partial charge in [-0.2, -0.15) is 4.72 Å². The number of hydrogen-bond donors (Lipinski definition) is 2. The Kier molecular flexibility index (Phi) is 8.17. The minimum absolute atomic E-state index is 0.0199. The Morgan fingerprint density at radius 1 is 1.00 bits per heavy atom. The highest BCUT2D eigenvalue weighted by Crippen LogP contribution is 2.32. The van der Waals surface area contributed by atoms with Crippen molar-refractivity contribution in [2.75, 3.05) is 18.5 Å². The van der Waals surface area contributed by atoms with Crippen LogP contribution in [0.5, 0.6) is 11.5 Å². The van der Waals surface area contributed by atoms with E-state index in [4.69, 9.17) is 9.47 Å². The number of unbranched alkanes of at least 4 members (excludes halogenated alkanes) is 2. The lowest BCUT2D eigenvalue weighted by atomic mass is 10.1. The normalized spacial score (nSPS) is 13.8. The summed E-state index contributed by atoms with van der Waals surface area (Å²) in [6, 6.07) is 12.6. The molecule has 0 saturated heterocycles. The van der Waals surface area contributed by atoms with E-state index in [2.05, 4.69) is 15.0 Å². The summed E-state index contributed by atoms with van der Waals surface area (Å²) in [5.41, 5.74) is 1.26. The number of carbonyl (C=O) groups excluding carboxylic acids is 2. The van der Waals surface area contributed by atoms with Crippen LogP contribution in [0.25, 0.3) is 10.9 Å². The molecule has 0 radical (unpaired) electrons. The van der Waals surface area contributed by atoms with Gasteiger partial charge in [-0.15, -0.1) is 0 Å². The third-order valence-electron chi connectivity index (χ3n) is 5.82. The van der Waals surface area contributed by atoms with Crippen LogP contribution in [0.2, 0.25) is 0 Å². The zero-order valence-corrected chi connectivity index (χ0v) is 20.8. The molecule has 2 aromatic carbocycles. The van der Waals surface area contributed by atoms with Gasteiger partial charge < -0.3 is 19.6 Å². The molecule has 3 aromatic rings. The van der Waals surface area contributed by atoms with Crippen molar-refractivity contribution in [3.05, 3.63) is 54.7 Å². The number of Topliss-reactive ketones (excluding diaryl/α,β-unsaturated/α-hetero) is 1. The highest BCUT2D eigenvalue weighted by Gasteiger charge is 2.27. The summed E-state index contributed by atoms with van der Waals surface area (Å²) in [7, 11) is -4.04. The summed E-state index contributed by atoms with van der Waals surface area (Å²) in [5, 5.41) is 3.64. The fourth-order valence-corrected chi connectivity index (χ4v) is 5.20. The molecule has 0 bridgehead atoms. The number of benzene rings is 2. The molecule has 1 atom stereocenters. The molecule has 9 nitrogen and oxygen atoms in total. The van der Waals surface area contributed by atoms with Crippen molar-refractivity contribution in [2.45, 2.75) is 50.0 Å². The number of anilines is 1. The van der Waals surface area contributed by atoms with Crippen molar-refractivity contribution in [2.24, 2.45) is 0 Å². The van der Waals surface area contributed by atoms with Crippen LogP contribution in [0, 0.1) is 0 Å². The summed E-state index contributed by atoms with van der Waals surface area (Å²) >= 11 is 0. The molecular formula is C26H29N3O6S. The van der Waals surface area contributed by atoms with Gasteiger partial charge in [0.2, 0.25) is 15.9 Å². The Hall–Kier alpha value is -3.50. The molecule has 1 aromatic heterocycles. The Balaban J connectivity index is 1.50. The van der Waals surface area contributed by atoms with Crippen molar-refractivity contribution in [1.29, 1.82) is 0 Å². The van der Waals surface area contributed by atoms with Crippen LogP contribution in [0.1, 0.15) is 39.0 Å². The third kappa shape index (κ3) is 6.58. The lowest BCUT2D eigenvalue weighted by Crippen LogP contribution is -2.43. The molecule has 0 fully saturated rings. The van der Waals surface area contributed by atoms with E-state index < -0.39 is 22.0 Å². The predicted molar refractivity (Wildman–Crippen MR) is 136 cm³/mol. The second-order valence-corrected chi connectivity index (χ2v) is 10.4. The van der Waals surface area contributed by atoms with Gasteiger partial charge in [-0.25, -0.2) is 8.42 Å². The summed E-state index contributed by atoms with van der Waals surface area (Å²) in [6.45, 7) is 2.26. The number of amides is 1. The molecule has 0 saturated carbocycles. The summed E-state index contributed by atoms with van der Waals surface area (Å²) in [6.07, 6.45) is 4.24. The van der Waals surface area contributed by atoms with Crippen LogP contribution in [-0.4, -0.2) is 44.3 Å². The maximum Gasteiger partial charge on any atom is 0.242 e. The van der Waals surface area contributed by atoms with Crippen molar-refractivity contribution >= 4 is 38.3 Å². The summed E-state index contributed by atoms with van der Waals surface area (Å²) in [5.74, 6) is 0.438. The molecule has 10 heteroatoms. The second kappa shape index (κ2) is 11.5. The Bertz CT molecular complexity index is 1360. The maximum atomic E-state index is 13.2. The van der Waals surface area contributed by atoms with E-state index in [0.29, 0.717) is 56.1 Å². The average molecular weight is 512 g/mol.